The molecule has 3 rings (SSSR count). The Kier molecular flexibility index (Phi) is 5.51. The van der Waals surface area contributed by atoms with Gasteiger partial charge in [-0.2, -0.15) is 0 Å². The Morgan fingerprint density at radius 2 is 1.84 bits per heavy atom. The Labute approximate surface area is 152 Å². The summed E-state index contributed by atoms with van der Waals surface area (Å²) in [5, 5.41) is 3.45. The number of amidine groups is 1. The minimum Gasteiger partial charge on any atom is -0.300 e. The monoisotopic (exact) mass is 348 g/mol. The van der Waals surface area contributed by atoms with E-state index in [9.17, 15) is 4.79 Å². The summed E-state index contributed by atoms with van der Waals surface area (Å²) in [5.41, 5.74) is 4.26. The summed E-state index contributed by atoms with van der Waals surface area (Å²) in [7, 11) is 0. The van der Waals surface area contributed by atoms with Crippen LogP contribution in [-0.4, -0.2) is 11.1 Å². The van der Waals surface area contributed by atoms with Crippen LogP contribution in [-0.2, 0) is 11.2 Å². The minimum absolute atomic E-state index is 0.102. The zero-order valence-corrected chi connectivity index (χ0v) is 15.1. The summed E-state index contributed by atoms with van der Waals surface area (Å²) in [4.78, 5) is 17.3. The van der Waals surface area contributed by atoms with E-state index in [0.29, 0.717) is 10.1 Å². The molecule has 0 atom stereocenters. The number of thioether (sulfide) groups is 1. The molecule has 2 aromatic rings. The third-order valence-corrected chi connectivity index (χ3v) is 4.69. The molecule has 0 unspecified atom stereocenters. The van der Waals surface area contributed by atoms with Crippen LogP contribution in [0.25, 0.3) is 6.08 Å². The van der Waals surface area contributed by atoms with Crippen molar-refractivity contribution in [2.24, 2.45) is 4.99 Å². The molecule has 25 heavy (non-hydrogen) atoms. The molecule has 1 fully saturated rings. The molecule has 1 heterocycles. The second kappa shape index (κ2) is 7.99. The molecule has 0 aromatic heterocycles. The number of carbonyl (C=O) groups is 1. The number of hydrogen-bond donors (Lipinski definition) is 1. The van der Waals surface area contributed by atoms with E-state index in [1.807, 2.05) is 55.5 Å². The molecule has 2 aromatic carbocycles. The highest BCUT2D eigenvalue weighted by atomic mass is 32.2. The Hall–Kier alpha value is -2.59. The zero-order chi connectivity index (χ0) is 17.6. The van der Waals surface area contributed by atoms with Gasteiger partial charge in [-0.25, -0.2) is 4.99 Å². The lowest BCUT2D eigenvalue weighted by atomic mass is 10.1. The van der Waals surface area contributed by atoms with Crippen molar-refractivity contribution in [3.63, 3.8) is 0 Å². The fraction of sp³-hybridized carbons (Fsp3) is 0.143. The Balaban J connectivity index is 1.75. The van der Waals surface area contributed by atoms with Crippen molar-refractivity contribution in [1.82, 2.24) is 5.32 Å². The van der Waals surface area contributed by atoms with Crippen LogP contribution in [0, 0.1) is 0 Å². The SMILES string of the molecule is CCc1ccc(N=C2NC(=O)/C(=C/C(C)=C/c3ccccc3)S2)cc1. The van der Waals surface area contributed by atoms with Gasteiger partial charge >= 0.3 is 0 Å². The fourth-order valence-corrected chi connectivity index (χ4v) is 3.36. The number of amides is 1. The molecule has 1 N–H and O–H groups in total. The average molecular weight is 348 g/mol. The van der Waals surface area contributed by atoms with Crippen molar-refractivity contribution in [2.75, 3.05) is 0 Å². The number of allylic oxidation sites excluding steroid dienone is 2. The molecule has 0 bridgehead atoms. The van der Waals surface area contributed by atoms with Gasteiger partial charge in [-0.15, -0.1) is 0 Å². The van der Waals surface area contributed by atoms with Crippen LogP contribution in [0.4, 0.5) is 5.69 Å². The van der Waals surface area contributed by atoms with Gasteiger partial charge in [-0.3, -0.25) is 4.79 Å². The largest absolute Gasteiger partial charge is 0.300 e. The second-order valence-electron chi connectivity index (χ2n) is 5.80. The molecule has 0 saturated carbocycles. The van der Waals surface area contributed by atoms with Gasteiger partial charge in [0.1, 0.15) is 0 Å². The van der Waals surface area contributed by atoms with E-state index in [1.165, 1.54) is 17.3 Å². The summed E-state index contributed by atoms with van der Waals surface area (Å²) in [6, 6.07) is 18.1. The normalized spacial score (nSPS) is 18.0. The third kappa shape index (κ3) is 4.70. The zero-order valence-electron chi connectivity index (χ0n) is 14.3. The van der Waals surface area contributed by atoms with Crippen molar-refractivity contribution in [3.8, 4) is 0 Å². The van der Waals surface area contributed by atoms with E-state index in [4.69, 9.17) is 0 Å². The molecule has 126 valence electrons. The topological polar surface area (TPSA) is 41.5 Å². The Bertz CT molecular complexity index is 849. The molecule has 0 spiro atoms. The minimum atomic E-state index is -0.102. The summed E-state index contributed by atoms with van der Waals surface area (Å²) in [6.45, 7) is 4.11. The van der Waals surface area contributed by atoms with Gasteiger partial charge in [0.05, 0.1) is 10.6 Å². The highest BCUT2D eigenvalue weighted by molar-refractivity contribution is 8.18. The number of nitrogens with zero attached hydrogens (tertiary/aromatic N) is 1. The van der Waals surface area contributed by atoms with E-state index in [0.717, 1.165) is 23.2 Å². The van der Waals surface area contributed by atoms with E-state index >= 15 is 0 Å². The maximum atomic E-state index is 12.2. The van der Waals surface area contributed by atoms with Crippen LogP contribution in [0.2, 0.25) is 0 Å². The average Bonchev–Trinajstić information content (AvgIpc) is 2.95. The van der Waals surface area contributed by atoms with Crippen LogP contribution < -0.4 is 5.32 Å². The summed E-state index contributed by atoms with van der Waals surface area (Å²) >= 11 is 1.37. The van der Waals surface area contributed by atoms with Crippen molar-refractivity contribution < 1.29 is 4.79 Å². The number of aryl methyl sites for hydroxylation is 1. The predicted octanol–water partition coefficient (Wildman–Crippen LogP) is 5.09. The highest BCUT2D eigenvalue weighted by Crippen LogP contribution is 2.27. The van der Waals surface area contributed by atoms with E-state index in [2.05, 4.69) is 35.4 Å². The first-order valence-corrected chi connectivity index (χ1v) is 9.07. The van der Waals surface area contributed by atoms with Crippen LogP contribution in [0.15, 0.2) is 76.1 Å². The van der Waals surface area contributed by atoms with Gasteiger partial charge in [-0.05, 0) is 60.0 Å². The quantitative estimate of drug-likeness (QED) is 0.782. The maximum absolute atomic E-state index is 12.2. The van der Waals surface area contributed by atoms with Crippen molar-refractivity contribution in [3.05, 3.63) is 82.3 Å². The van der Waals surface area contributed by atoms with Crippen LogP contribution in [0.1, 0.15) is 25.0 Å². The molecule has 0 aliphatic carbocycles. The molecule has 4 heteroatoms. The van der Waals surface area contributed by atoms with E-state index < -0.39 is 0 Å². The Morgan fingerprint density at radius 1 is 1.12 bits per heavy atom. The molecular weight excluding hydrogens is 328 g/mol. The van der Waals surface area contributed by atoms with Crippen molar-refractivity contribution >= 4 is 34.6 Å². The van der Waals surface area contributed by atoms with Gasteiger partial charge in [0.25, 0.3) is 5.91 Å². The number of hydrogen-bond acceptors (Lipinski definition) is 3. The second-order valence-corrected chi connectivity index (χ2v) is 6.83. The number of carbonyl (C=O) groups excluding carboxylic acids is 1. The third-order valence-electron chi connectivity index (χ3n) is 3.78. The molecule has 1 aliphatic heterocycles. The number of rotatable bonds is 4. The predicted molar refractivity (Wildman–Crippen MR) is 107 cm³/mol. The van der Waals surface area contributed by atoms with Gasteiger partial charge in [0.15, 0.2) is 5.17 Å². The molecule has 1 amide bonds. The van der Waals surface area contributed by atoms with Crippen LogP contribution in [0.5, 0.6) is 0 Å². The fourth-order valence-electron chi connectivity index (χ4n) is 2.46. The summed E-state index contributed by atoms with van der Waals surface area (Å²) in [6.07, 6.45) is 4.96. The molecular formula is C21H20N2OS. The first kappa shape index (κ1) is 17.2. The lowest BCUT2D eigenvalue weighted by molar-refractivity contribution is -0.115. The summed E-state index contributed by atoms with van der Waals surface area (Å²) in [5.74, 6) is -0.102. The number of nitrogens with one attached hydrogen (secondary N) is 1. The van der Waals surface area contributed by atoms with Gasteiger partial charge in [0, 0.05) is 0 Å². The van der Waals surface area contributed by atoms with Crippen LogP contribution >= 0.6 is 11.8 Å². The van der Waals surface area contributed by atoms with Crippen LogP contribution in [0.3, 0.4) is 0 Å². The molecule has 1 saturated heterocycles. The van der Waals surface area contributed by atoms with E-state index in [1.54, 1.807) is 0 Å². The van der Waals surface area contributed by atoms with Gasteiger partial charge in [0.2, 0.25) is 0 Å². The standard InChI is InChI=1S/C21H20N2OS/c1-3-16-9-11-18(12-10-16)22-21-23-20(24)19(25-21)14-15(2)13-17-7-5-4-6-8-17/h4-14H,3H2,1-2H3,(H,22,23,24)/b15-13+,19-14-. The smallest absolute Gasteiger partial charge is 0.264 e. The van der Waals surface area contributed by atoms with Crippen molar-refractivity contribution in [2.45, 2.75) is 20.3 Å². The first-order valence-electron chi connectivity index (χ1n) is 8.26. The number of benzene rings is 2. The van der Waals surface area contributed by atoms with Gasteiger partial charge < -0.3 is 5.32 Å². The maximum Gasteiger partial charge on any atom is 0.264 e. The molecule has 0 radical (unpaired) electrons. The summed E-state index contributed by atoms with van der Waals surface area (Å²) < 4.78 is 0. The molecule has 1 aliphatic rings. The lowest BCUT2D eigenvalue weighted by Crippen LogP contribution is -2.19. The Morgan fingerprint density at radius 3 is 2.52 bits per heavy atom. The molecule has 3 nitrogen and oxygen atoms in total. The van der Waals surface area contributed by atoms with Gasteiger partial charge in [-0.1, -0.05) is 55.5 Å². The van der Waals surface area contributed by atoms with E-state index in [-0.39, 0.29) is 5.91 Å². The lowest BCUT2D eigenvalue weighted by Gasteiger charge is -1.98. The number of aliphatic imine (C=N–C) groups is 1. The highest BCUT2D eigenvalue weighted by Gasteiger charge is 2.23. The van der Waals surface area contributed by atoms with Crippen molar-refractivity contribution in [1.29, 1.82) is 0 Å². The first-order chi connectivity index (χ1) is 12.1.